The number of halogens is 2. The molecule has 0 aromatic heterocycles. The summed E-state index contributed by atoms with van der Waals surface area (Å²) in [4.78, 5) is 0. The molecule has 3 aromatic rings. The lowest BCUT2D eigenvalue weighted by molar-refractivity contribution is 0.574. The zero-order chi connectivity index (χ0) is 21.0. The van der Waals surface area contributed by atoms with Crippen molar-refractivity contribution in [3.05, 3.63) is 94.5 Å². The van der Waals surface area contributed by atoms with Crippen LogP contribution in [-0.4, -0.2) is 0 Å². The number of hydrogen-bond donors (Lipinski definition) is 0. The molecule has 0 radical (unpaired) electrons. The summed E-state index contributed by atoms with van der Waals surface area (Å²) < 4.78 is 44.8. The Labute approximate surface area is 162 Å². The fourth-order valence-corrected chi connectivity index (χ4v) is 2.85. The molecule has 0 aliphatic heterocycles. The third-order valence-corrected chi connectivity index (χ3v) is 4.39. The van der Waals surface area contributed by atoms with E-state index < -0.39 is 11.6 Å². The predicted octanol–water partition coefficient (Wildman–Crippen LogP) is 6.55. The van der Waals surface area contributed by atoms with Crippen LogP contribution in [0.3, 0.4) is 0 Å². The summed E-state index contributed by atoms with van der Waals surface area (Å²) in [5, 5.41) is 0. The highest BCUT2D eigenvalue weighted by molar-refractivity contribution is 5.64. The second-order valence-electron chi connectivity index (χ2n) is 6.39. The van der Waals surface area contributed by atoms with Crippen LogP contribution in [0.15, 0.2) is 60.6 Å². The van der Waals surface area contributed by atoms with Crippen LogP contribution in [0.1, 0.15) is 45.3 Å². The van der Waals surface area contributed by atoms with Crippen LogP contribution in [0.4, 0.5) is 8.78 Å². The van der Waals surface area contributed by atoms with E-state index in [0.717, 1.165) is 24.0 Å². The minimum atomic E-state index is -0.726. The van der Waals surface area contributed by atoms with Crippen molar-refractivity contribution in [2.24, 2.45) is 0 Å². The first-order chi connectivity index (χ1) is 13.9. The van der Waals surface area contributed by atoms with E-state index in [1.807, 2.05) is 31.2 Å². The molecule has 0 aliphatic carbocycles. The standard InChI is InChI=1S/C25H22F2/c1-3-5-19-6-11-21(12-7-19)22-13-8-20(9-14-22)10-15-23-24(26)16-18(4-2)17-25(23)27/h6-9,11-14,16-17H,3-5H2,1-2H3/i8D,9D. The molecule has 0 fully saturated rings. The van der Waals surface area contributed by atoms with Crippen LogP contribution >= 0.6 is 0 Å². The zero-order valence-electron chi connectivity index (χ0n) is 17.5. The van der Waals surface area contributed by atoms with E-state index in [0.29, 0.717) is 12.0 Å². The summed E-state index contributed by atoms with van der Waals surface area (Å²) in [5.74, 6) is 3.64. The largest absolute Gasteiger partial charge is 0.206 e. The number of hydrogen-bond acceptors (Lipinski definition) is 0. The third kappa shape index (κ3) is 4.63. The summed E-state index contributed by atoms with van der Waals surface area (Å²) in [6, 6.07) is 14.0. The van der Waals surface area contributed by atoms with E-state index in [1.165, 1.54) is 17.7 Å². The van der Waals surface area contributed by atoms with Gasteiger partial charge < -0.3 is 0 Å². The minimum Gasteiger partial charge on any atom is -0.206 e. The van der Waals surface area contributed by atoms with E-state index in [9.17, 15) is 8.78 Å². The smallest absolute Gasteiger partial charge is 0.142 e. The molecular formula is C25H22F2. The molecule has 2 heteroatoms. The van der Waals surface area contributed by atoms with Crippen molar-refractivity contribution in [1.82, 2.24) is 0 Å². The van der Waals surface area contributed by atoms with Gasteiger partial charge in [-0.25, -0.2) is 8.78 Å². The maximum absolute atomic E-state index is 14.1. The molecule has 0 heterocycles. The summed E-state index contributed by atoms with van der Waals surface area (Å²) in [7, 11) is 0. The second-order valence-corrected chi connectivity index (χ2v) is 6.39. The fourth-order valence-electron chi connectivity index (χ4n) is 2.85. The van der Waals surface area contributed by atoms with Crippen LogP contribution in [0.25, 0.3) is 11.1 Å². The molecule has 0 nitrogen and oxygen atoms in total. The third-order valence-electron chi connectivity index (χ3n) is 4.39. The summed E-state index contributed by atoms with van der Waals surface area (Å²) in [5.41, 5.74) is 3.28. The molecule has 0 saturated heterocycles. The Balaban J connectivity index is 1.95. The lowest BCUT2D eigenvalue weighted by Crippen LogP contribution is -1.93. The van der Waals surface area contributed by atoms with Gasteiger partial charge in [-0.1, -0.05) is 68.5 Å². The molecule has 0 N–H and O–H groups in total. The molecule has 0 aliphatic rings. The van der Waals surface area contributed by atoms with Crippen molar-refractivity contribution in [3.63, 3.8) is 0 Å². The van der Waals surface area contributed by atoms with Gasteiger partial charge in [0.05, 0.1) is 8.30 Å². The lowest BCUT2D eigenvalue weighted by atomic mass is 10.0. The summed E-state index contributed by atoms with van der Waals surface area (Å²) in [6.07, 6.45) is 2.60. The lowest BCUT2D eigenvalue weighted by Gasteiger charge is -2.04. The molecule has 0 unspecified atom stereocenters. The monoisotopic (exact) mass is 362 g/mol. The quantitative estimate of drug-likeness (QED) is 0.462. The maximum atomic E-state index is 14.1. The van der Waals surface area contributed by atoms with Crippen LogP contribution in [-0.2, 0) is 12.8 Å². The van der Waals surface area contributed by atoms with E-state index in [1.54, 1.807) is 12.1 Å². The Morgan fingerprint density at radius 1 is 0.815 bits per heavy atom. The molecule has 27 heavy (non-hydrogen) atoms. The van der Waals surface area contributed by atoms with Gasteiger partial charge in [-0.2, -0.15) is 0 Å². The number of aryl methyl sites for hydroxylation is 2. The predicted molar refractivity (Wildman–Crippen MR) is 108 cm³/mol. The molecule has 136 valence electrons. The first-order valence-corrected chi connectivity index (χ1v) is 9.13. The highest BCUT2D eigenvalue weighted by Crippen LogP contribution is 2.21. The molecule has 3 rings (SSSR count). The van der Waals surface area contributed by atoms with E-state index in [4.69, 9.17) is 2.74 Å². The van der Waals surface area contributed by atoms with Crippen LogP contribution in [0.2, 0.25) is 0 Å². The Hall–Kier alpha value is -2.92. The van der Waals surface area contributed by atoms with Gasteiger partial charge in [0.15, 0.2) is 0 Å². The van der Waals surface area contributed by atoms with Crippen molar-refractivity contribution in [1.29, 1.82) is 0 Å². The average Bonchev–Trinajstić information content (AvgIpc) is 2.69. The van der Waals surface area contributed by atoms with Gasteiger partial charge in [0.2, 0.25) is 0 Å². The van der Waals surface area contributed by atoms with E-state index >= 15 is 0 Å². The fraction of sp³-hybridized carbons (Fsp3) is 0.200. The maximum Gasteiger partial charge on any atom is 0.142 e. The second kappa shape index (κ2) is 8.64. The first kappa shape index (κ1) is 16.3. The van der Waals surface area contributed by atoms with Gasteiger partial charge in [-0.15, -0.1) is 0 Å². The van der Waals surface area contributed by atoms with Crippen LogP contribution in [0.5, 0.6) is 0 Å². The molecule has 3 aromatic carbocycles. The highest BCUT2D eigenvalue weighted by atomic mass is 19.1. The van der Waals surface area contributed by atoms with E-state index in [-0.39, 0.29) is 23.2 Å². The Bertz CT molecular complexity index is 1040. The zero-order valence-corrected chi connectivity index (χ0v) is 15.5. The van der Waals surface area contributed by atoms with Crippen LogP contribution < -0.4 is 0 Å². The number of rotatable bonds is 4. The van der Waals surface area contributed by atoms with Gasteiger partial charge in [0.1, 0.15) is 11.6 Å². The van der Waals surface area contributed by atoms with Gasteiger partial charge in [-0.3, -0.25) is 0 Å². The minimum absolute atomic E-state index is 0.0589. The van der Waals surface area contributed by atoms with Gasteiger partial charge in [0.25, 0.3) is 0 Å². The van der Waals surface area contributed by atoms with Crippen molar-refractivity contribution in [2.75, 3.05) is 0 Å². The Morgan fingerprint density at radius 2 is 1.41 bits per heavy atom. The molecule has 0 atom stereocenters. The van der Waals surface area contributed by atoms with E-state index in [2.05, 4.69) is 18.8 Å². The van der Waals surface area contributed by atoms with Gasteiger partial charge >= 0.3 is 0 Å². The highest BCUT2D eigenvalue weighted by Gasteiger charge is 2.08. The molecular weight excluding hydrogens is 338 g/mol. The van der Waals surface area contributed by atoms with Crippen molar-refractivity contribution >= 4 is 0 Å². The SMILES string of the molecule is [2H]c1cc(-c2ccc(CCC)cc2)cc([2H])c1C#Cc1c(F)cc(CC)cc1F. The Morgan fingerprint density at radius 3 is 1.96 bits per heavy atom. The van der Waals surface area contributed by atoms with Crippen molar-refractivity contribution in [2.45, 2.75) is 33.1 Å². The van der Waals surface area contributed by atoms with Crippen molar-refractivity contribution < 1.29 is 11.5 Å². The average molecular weight is 362 g/mol. The summed E-state index contributed by atoms with van der Waals surface area (Å²) >= 11 is 0. The van der Waals surface area contributed by atoms with Gasteiger partial charge in [-0.05, 0) is 59.3 Å². The number of benzene rings is 3. The first-order valence-electron chi connectivity index (χ1n) is 10.1. The van der Waals surface area contributed by atoms with Crippen LogP contribution in [0, 0.1) is 23.5 Å². The molecule has 0 saturated carbocycles. The van der Waals surface area contributed by atoms with Gasteiger partial charge in [0, 0.05) is 5.56 Å². The molecule has 0 amide bonds. The van der Waals surface area contributed by atoms with Crippen molar-refractivity contribution in [3.8, 4) is 23.0 Å². The topological polar surface area (TPSA) is 0 Å². The molecule has 0 bridgehead atoms. The summed E-state index contributed by atoms with van der Waals surface area (Å²) in [6.45, 7) is 3.94. The Kier molecular flexibility index (Phi) is 5.21. The normalized spacial score (nSPS) is 11.4. The molecule has 0 spiro atoms.